The third-order valence-electron chi connectivity index (χ3n) is 1.86. The summed E-state index contributed by atoms with van der Waals surface area (Å²) in [6.07, 6.45) is 1.12. The Morgan fingerprint density at radius 3 is 2.62 bits per heavy atom. The number of anilines is 1. The summed E-state index contributed by atoms with van der Waals surface area (Å²) in [6.45, 7) is 0. The molecule has 0 aliphatic heterocycles. The molecule has 0 spiro atoms. The standard InChI is InChI=1S/C9H12BrNO3S2/c1-16(13,14)5-4-15(12)9-6-7(10)2-3-8(9)11/h2-3,6H,4-5,11H2,1H3. The third-order valence-corrected chi connectivity index (χ3v) is 4.98. The van der Waals surface area contributed by atoms with Crippen LogP contribution >= 0.6 is 15.9 Å². The molecule has 7 heteroatoms. The molecular weight excluding hydrogens is 314 g/mol. The zero-order valence-electron chi connectivity index (χ0n) is 8.64. The van der Waals surface area contributed by atoms with Crippen molar-refractivity contribution in [3.05, 3.63) is 22.7 Å². The Labute approximate surface area is 106 Å². The predicted molar refractivity (Wildman–Crippen MR) is 69.5 cm³/mol. The van der Waals surface area contributed by atoms with Crippen LogP contribution in [0.4, 0.5) is 5.69 Å². The second-order valence-corrected chi connectivity index (χ2v) is 8.08. The fourth-order valence-electron chi connectivity index (χ4n) is 1.04. The van der Waals surface area contributed by atoms with E-state index in [4.69, 9.17) is 5.73 Å². The van der Waals surface area contributed by atoms with Crippen molar-refractivity contribution in [3.63, 3.8) is 0 Å². The van der Waals surface area contributed by atoms with Gasteiger partial charge in [-0.15, -0.1) is 0 Å². The zero-order valence-corrected chi connectivity index (χ0v) is 11.9. The molecule has 1 unspecified atom stereocenters. The summed E-state index contributed by atoms with van der Waals surface area (Å²) < 4.78 is 34.5. The first-order valence-electron chi connectivity index (χ1n) is 4.41. The molecule has 0 aromatic heterocycles. The van der Waals surface area contributed by atoms with Crippen molar-refractivity contribution >= 4 is 42.3 Å². The van der Waals surface area contributed by atoms with Gasteiger partial charge in [0.15, 0.2) is 0 Å². The van der Waals surface area contributed by atoms with Gasteiger partial charge in [0.25, 0.3) is 0 Å². The summed E-state index contributed by atoms with van der Waals surface area (Å²) in [7, 11) is -4.48. The molecule has 0 heterocycles. The Bertz CT molecular complexity index is 513. The fourth-order valence-corrected chi connectivity index (χ4v) is 4.18. The van der Waals surface area contributed by atoms with E-state index in [2.05, 4.69) is 15.9 Å². The third kappa shape index (κ3) is 4.23. The van der Waals surface area contributed by atoms with Gasteiger partial charge in [-0.2, -0.15) is 0 Å². The van der Waals surface area contributed by atoms with Gasteiger partial charge in [0.1, 0.15) is 9.84 Å². The molecule has 0 amide bonds. The van der Waals surface area contributed by atoms with Crippen molar-refractivity contribution < 1.29 is 12.6 Å². The van der Waals surface area contributed by atoms with Gasteiger partial charge in [0.2, 0.25) is 0 Å². The molecular formula is C9H12BrNO3S2. The van der Waals surface area contributed by atoms with E-state index in [1.165, 1.54) is 0 Å². The van der Waals surface area contributed by atoms with Crippen LogP contribution in [0, 0.1) is 0 Å². The van der Waals surface area contributed by atoms with Crippen molar-refractivity contribution in [1.82, 2.24) is 0 Å². The predicted octanol–water partition coefficient (Wildman–Crippen LogP) is 1.18. The molecule has 16 heavy (non-hydrogen) atoms. The van der Waals surface area contributed by atoms with E-state index >= 15 is 0 Å². The van der Waals surface area contributed by atoms with Crippen molar-refractivity contribution in [1.29, 1.82) is 0 Å². The summed E-state index contributed by atoms with van der Waals surface area (Å²) >= 11 is 3.25. The molecule has 0 aliphatic carbocycles. The molecule has 0 bridgehead atoms. The Morgan fingerprint density at radius 1 is 1.44 bits per heavy atom. The quantitative estimate of drug-likeness (QED) is 0.843. The topological polar surface area (TPSA) is 77.2 Å². The Morgan fingerprint density at radius 2 is 2.06 bits per heavy atom. The van der Waals surface area contributed by atoms with Gasteiger partial charge >= 0.3 is 0 Å². The van der Waals surface area contributed by atoms with Crippen LogP contribution in [0.5, 0.6) is 0 Å². The fraction of sp³-hybridized carbons (Fsp3) is 0.333. The van der Waals surface area contributed by atoms with Crippen molar-refractivity contribution in [2.75, 3.05) is 23.5 Å². The number of hydrogen-bond acceptors (Lipinski definition) is 4. The lowest BCUT2D eigenvalue weighted by Gasteiger charge is -2.05. The minimum absolute atomic E-state index is 0.0689. The molecule has 0 saturated carbocycles. The van der Waals surface area contributed by atoms with E-state index in [1.807, 2.05) is 0 Å². The summed E-state index contributed by atoms with van der Waals surface area (Å²) in [4.78, 5) is 0.470. The maximum absolute atomic E-state index is 11.8. The van der Waals surface area contributed by atoms with Crippen LogP contribution in [0.3, 0.4) is 0 Å². The molecule has 90 valence electrons. The minimum atomic E-state index is -3.10. The minimum Gasteiger partial charge on any atom is -0.398 e. The summed E-state index contributed by atoms with van der Waals surface area (Å²) in [6, 6.07) is 5.03. The zero-order chi connectivity index (χ0) is 12.3. The van der Waals surface area contributed by atoms with Gasteiger partial charge in [0.05, 0.1) is 21.4 Å². The number of halogens is 1. The lowest BCUT2D eigenvalue weighted by Crippen LogP contribution is -2.12. The molecule has 0 aliphatic rings. The largest absolute Gasteiger partial charge is 0.398 e. The Kier molecular flexibility index (Phi) is 4.52. The van der Waals surface area contributed by atoms with Crippen LogP contribution in [0.25, 0.3) is 0 Å². The molecule has 1 aromatic carbocycles. The number of sulfone groups is 1. The van der Waals surface area contributed by atoms with Gasteiger partial charge in [-0.25, -0.2) is 8.42 Å². The SMILES string of the molecule is CS(=O)(=O)CCS(=O)c1cc(Br)ccc1N. The van der Waals surface area contributed by atoms with Gasteiger partial charge < -0.3 is 5.73 Å². The van der Waals surface area contributed by atoms with Crippen LogP contribution in [0.2, 0.25) is 0 Å². The molecule has 2 N–H and O–H groups in total. The normalized spacial score (nSPS) is 13.6. The highest BCUT2D eigenvalue weighted by Gasteiger charge is 2.11. The highest BCUT2D eigenvalue weighted by atomic mass is 79.9. The first-order valence-corrected chi connectivity index (χ1v) is 8.58. The summed E-state index contributed by atoms with van der Waals surface area (Å²) in [5.74, 6) is -0.0367. The lowest BCUT2D eigenvalue weighted by atomic mass is 10.3. The number of benzene rings is 1. The second kappa shape index (κ2) is 5.29. The number of hydrogen-bond donors (Lipinski definition) is 1. The number of rotatable bonds is 4. The average molecular weight is 326 g/mol. The molecule has 0 fully saturated rings. The van der Waals surface area contributed by atoms with Crippen LogP contribution in [-0.4, -0.2) is 30.4 Å². The Hall–Kier alpha value is -0.400. The van der Waals surface area contributed by atoms with Gasteiger partial charge in [-0.05, 0) is 18.2 Å². The molecule has 1 rings (SSSR count). The monoisotopic (exact) mass is 325 g/mol. The summed E-state index contributed by atoms with van der Waals surface area (Å²) in [5.41, 5.74) is 6.08. The molecule has 0 saturated heterocycles. The average Bonchev–Trinajstić information content (AvgIpc) is 2.17. The smallest absolute Gasteiger partial charge is 0.148 e. The lowest BCUT2D eigenvalue weighted by molar-refractivity contribution is 0.602. The van der Waals surface area contributed by atoms with E-state index in [9.17, 15) is 12.6 Å². The van der Waals surface area contributed by atoms with E-state index in [1.54, 1.807) is 18.2 Å². The maximum atomic E-state index is 11.8. The van der Waals surface area contributed by atoms with Crippen molar-refractivity contribution in [3.8, 4) is 0 Å². The Balaban J connectivity index is 2.85. The molecule has 1 aromatic rings. The van der Waals surface area contributed by atoms with Crippen LogP contribution < -0.4 is 5.73 Å². The van der Waals surface area contributed by atoms with Gasteiger partial charge in [-0.1, -0.05) is 15.9 Å². The van der Waals surface area contributed by atoms with Gasteiger partial charge in [-0.3, -0.25) is 4.21 Å². The van der Waals surface area contributed by atoms with Crippen LogP contribution in [0.1, 0.15) is 0 Å². The van der Waals surface area contributed by atoms with Crippen LogP contribution in [-0.2, 0) is 20.6 Å². The van der Waals surface area contributed by atoms with E-state index in [-0.39, 0.29) is 11.5 Å². The van der Waals surface area contributed by atoms with Crippen molar-refractivity contribution in [2.24, 2.45) is 0 Å². The first-order chi connectivity index (χ1) is 7.29. The van der Waals surface area contributed by atoms with Crippen LogP contribution in [0.15, 0.2) is 27.6 Å². The first kappa shape index (κ1) is 13.7. The number of nitrogens with two attached hydrogens (primary N) is 1. The molecule has 4 nitrogen and oxygen atoms in total. The molecule has 1 atom stereocenters. The number of nitrogen functional groups attached to an aromatic ring is 1. The van der Waals surface area contributed by atoms with Gasteiger partial charge in [0, 0.05) is 22.2 Å². The van der Waals surface area contributed by atoms with E-state index in [0.717, 1.165) is 10.7 Å². The van der Waals surface area contributed by atoms with Crippen molar-refractivity contribution in [2.45, 2.75) is 4.90 Å². The molecule has 0 radical (unpaired) electrons. The maximum Gasteiger partial charge on any atom is 0.148 e. The van der Waals surface area contributed by atoms with E-state index in [0.29, 0.717) is 10.6 Å². The highest BCUT2D eigenvalue weighted by molar-refractivity contribution is 9.10. The second-order valence-electron chi connectivity index (χ2n) is 3.36. The highest BCUT2D eigenvalue weighted by Crippen LogP contribution is 2.21. The summed E-state index contributed by atoms with van der Waals surface area (Å²) in [5, 5.41) is 0. The van der Waals surface area contributed by atoms with E-state index < -0.39 is 20.6 Å².